The van der Waals surface area contributed by atoms with Gasteiger partial charge in [-0.15, -0.1) is 0 Å². The quantitative estimate of drug-likeness (QED) is 0.371. The number of ketones is 1. The summed E-state index contributed by atoms with van der Waals surface area (Å²) in [5.74, 6) is -2.24. The number of carboxylic acid groups (broad SMARTS) is 1. The van der Waals surface area contributed by atoms with Crippen LogP contribution in [0.1, 0.15) is 26.2 Å². The average molecular weight is 156 g/mol. The molecule has 3 heteroatoms. The number of carboxylic acids is 1. The third kappa shape index (κ3) is 5.33. The number of carbonyl (C=O) groups is 2. The SMILES string of the molecule is CCCCC=CC(=O)C(=O)O. The Bertz CT molecular complexity index is 170. The van der Waals surface area contributed by atoms with Crippen molar-refractivity contribution in [1.29, 1.82) is 0 Å². The fourth-order valence-corrected chi connectivity index (χ4v) is 0.584. The van der Waals surface area contributed by atoms with Crippen LogP contribution in [0.2, 0.25) is 0 Å². The van der Waals surface area contributed by atoms with Crippen LogP contribution >= 0.6 is 0 Å². The van der Waals surface area contributed by atoms with E-state index in [1.165, 1.54) is 0 Å². The number of rotatable bonds is 5. The summed E-state index contributed by atoms with van der Waals surface area (Å²) in [6.45, 7) is 2.03. The Kier molecular flexibility index (Phi) is 5.07. The first-order valence-electron chi connectivity index (χ1n) is 3.62. The maximum atomic E-state index is 10.4. The second-order valence-corrected chi connectivity index (χ2v) is 2.21. The summed E-state index contributed by atoms with van der Waals surface area (Å²) in [7, 11) is 0. The zero-order valence-corrected chi connectivity index (χ0v) is 6.54. The van der Waals surface area contributed by atoms with Gasteiger partial charge in [-0.25, -0.2) is 4.79 Å². The molecule has 0 heterocycles. The fraction of sp³-hybridized carbons (Fsp3) is 0.500. The normalized spacial score (nSPS) is 10.3. The molecule has 0 unspecified atom stereocenters. The molecule has 0 fully saturated rings. The Morgan fingerprint density at radius 2 is 2.09 bits per heavy atom. The van der Waals surface area contributed by atoms with Crippen LogP contribution in [0.4, 0.5) is 0 Å². The lowest BCUT2D eigenvalue weighted by molar-refractivity contribution is -0.146. The molecule has 0 aromatic rings. The van der Waals surface area contributed by atoms with Crippen molar-refractivity contribution in [2.75, 3.05) is 0 Å². The molecule has 0 saturated carbocycles. The van der Waals surface area contributed by atoms with Gasteiger partial charge in [0.25, 0.3) is 5.78 Å². The fourth-order valence-electron chi connectivity index (χ4n) is 0.584. The Morgan fingerprint density at radius 1 is 1.45 bits per heavy atom. The van der Waals surface area contributed by atoms with Crippen molar-refractivity contribution < 1.29 is 14.7 Å². The summed E-state index contributed by atoms with van der Waals surface area (Å²) in [5, 5.41) is 8.14. The molecule has 0 bridgehead atoms. The van der Waals surface area contributed by atoms with E-state index in [4.69, 9.17) is 5.11 Å². The third-order valence-corrected chi connectivity index (χ3v) is 1.20. The average Bonchev–Trinajstić information content (AvgIpc) is 1.97. The molecule has 0 amide bonds. The molecule has 62 valence electrons. The second kappa shape index (κ2) is 5.65. The highest BCUT2D eigenvalue weighted by molar-refractivity contribution is 6.37. The van der Waals surface area contributed by atoms with E-state index >= 15 is 0 Å². The zero-order valence-electron chi connectivity index (χ0n) is 6.54. The predicted molar refractivity (Wildman–Crippen MR) is 41.3 cm³/mol. The minimum atomic E-state index is -1.39. The zero-order chi connectivity index (χ0) is 8.69. The van der Waals surface area contributed by atoms with Crippen molar-refractivity contribution in [2.24, 2.45) is 0 Å². The lowest BCUT2D eigenvalue weighted by Crippen LogP contribution is -2.08. The van der Waals surface area contributed by atoms with Gasteiger partial charge in [0, 0.05) is 0 Å². The molecule has 3 nitrogen and oxygen atoms in total. The van der Waals surface area contributed by atoms with Gasteiger partial charge in [-0.3, -0.25) is 4.79 Å². The van der Waals surface area contributed by atoms with Crippen molar-refractivity contribution in [1.82, 2.24) is 0 Å². The van der Waals surface area contributed by atoms with E-state index in [2.05, 4.69) is 0 Å². The van der Waals surface area contributed by atoms with E-state index in [9.17, 15) is 9.59 Å². The summed E-state index contributed by atoms with van der Waals surface area (Å²) in [6.07, 6.45) is 5.52. The number of aliphatic carboxylic acids is 1. The molecule has 0 aromatic carbocycles. The summed E-state index contributed by atoms with van der Waals surface area (Å²) in [5.41, 5.74) is 0. The first-order chi connectivity index (χ1) is 5.18. The van der Waals surface area contributed by atoms with Crippen LogP contribution in [0.5, 0.6) is 0 Å². The van der Waals surface area contributed by atoms with Gasteiger partial charge in [0.15, 0.2) is 0 Å². The molecule has 0 spiro atoms. The Hall–Kier alpha value is -1.12. The highest BCUT2D eigenvalue weighted by Gasteiger charge is 2.04. The lowest BCUT2D eigenvalue weighted by Gasteiger charge is -1.86. The molecule has 0 saturated heterocycles. The van der Waals surface area contributed by atoms with Crippen molar-refractivity contribution in [2.45, 2.75) is 26.2 Å². The summed E-state index contributed by atoms with van der Waals surface area (Å²) < 4.78 is 0. The van der Waals surface area contributed by atoms with E-state index in [-0.39, 0.29) is 0 Å². The first kappa shape index (κ1) is 9.88. The lowest BCUT2D eigenvalue weighted by atomic mass is 10.2. The van der Waals surface area contributed by atoms with Gasteiger partial charge >= 0.3 is 5.97 Å². The first-order valence-corrected chi connectivity index (χ1v) is 3.62. The summed E-state index contributed by atoms with van der Waals surface area (Å²) in [4.78, 5) is 20.4. The highest BCUT2D eigenvalue weighted by Crippen LogP contribution is 1.94. The molecular formula is C8H12O3. The molecule has 0 atom stereocenters. The number of allylic oxidation sites excluding steroid dienone is 1. The Balaban J connectivity index is 3.57. The molecule has 0 aliphatic rings. The minimum Gasteiger partial charge on any atom is -0.475 e. The third-order valence-electron chi connectivity index (χ3n) is 1.20. The maximum Gasteiger partial charge on any atom is 0.376 e. The Morgan fingerprint density at radius 3 is 2.55 bits per heavy atom. The van der Waals surface area contributed by atoms with Crippen LogP contribution < -0.4 is 0 Å². The van der Waals surface area contributed by atoms with Crippen LogP contribution in [0, 0.1) is 0 Å². The van der Waals surface area contributed by atoms with Crippen LogP contribution in [0.15, 0.2) is 12.2 Å². The maximum absolute atomic E-state index is 10.4. The number of unbranched alkanes of at least 4 members (excludes halogenated alkanes) is 2. The summed E-state index contributed by atoms with van der Waals surface area (Å²) >= 11 is 0. The predicted octanol–water partition coefficient (Wildman–Crippen LogP) is 1.39. The van der Waals surface area contributed by atoms with E-state index in [0.717, 1.165) is 25.3 Å². The highest BCUT2D eigenvalue weighted by atomic mass is 16.4. The monoisotopic (exact) mass is 156 g/mol. The molecule has 11 heavy (non-hydrogen) atoms. The van der Waals surface area contributed by atoms with E-state index < -0.39 is 11.8 Å². The van der Waals surface area contributed by atoms with Crippen molar-refractivity contribution >= 4 is 11.8 Å². The molecular weight excluding hydrogens is 144 g/mol. The topological polar surface area (TPSA) is 54.4 Å². The summed E-state index contributed by atoms with van der Waals surface area (Å²) in [6, 6.07) is 0. The molecule has 0 rings (SSSR count). The molecule has 1 N–H and O–H groups in total. The van der Waals surface area contributed by atoms with Gasteiger partial charge in [-0.2, -0.15) is 0 Å². The van der Waals surface area contributed by atoms with Crippen LogP contribution in [0.25, 0.3) is 0 Å². The second-order valence-electron chi connectivity index (χ2n) is 2.21. The van der Waals surface area contributed by atoms with Crippen molar-refractivity contribution in [3.05, 3.63) is 12.2 Å². The van der Waals surface area contributed by atoms with Crippen molar-refractivity contribution in [3.8, 4) is 0 Å². The van der Waals surface area contributed by atoms with Gasteiger partial charge in [0.05, 0.1) is 0 Å². The molecule has 0 aliphatic heterocycles. The van der Waals surface area contributed by atoms with Crippen LogP contribution in [0.3, 0.4) is 0 Å². The molecule has 0 aliphatic carbocycles. The largest absolute Gasteiger partial charge is 0.475 e. The number of hydrogen-bond donors (Lipinski definition) is 1. The molecule has 0 radical (unpaired) electrons. The van der Waals surface area contributed by atoms with Gasteiger partial charge in [0.1, 0.15) is 0 Å². The van der Waals surface area contributed by atoms with Gasteiger partial charge < -0.3 is 5.11 Å². The minimum absolute atomic E-state index is 0.773. The van der Waals surface area contributed by atoms with Gasteiger partial charge in [0.2, 0.25) is 0 Å². The number of hydrogen-bond acceptors (Lipinski definition) is 2. The smallest absolute Gasteiger partial charge is 0.376 e. The van der Waals surface area contributed by atoms with E-state index in [1.807, 2.05) is 6.92 Å². The number of carbonyl (C=O) groups excluding carboxylic acids is 1. The van der Waals surface area contributed by atoms with Gasteiger partial charge in [-0.05, 0) is 12.5 Å². The van der Waals surface area contributed by atoms with E-state index in [1.54, 1.807) is 6.08 Å². The van der Waals surface area contributed by atoms with Crippen LogP contribution in [-0.4, -0.2) is 16.9 Å². The van der Waals surface area contributed by atoms with Crippen LogP contribution in [-0.2, 0) is 9.59 Å². The van der Waals surface area contributed by atoms with E-state index in [0.29, 0.717) is 0 Å². The van der Waals surface area contributed by atoms with Crippen molar-refractivity contribution in [3.63, 3.8) is 0 Å². The Labute approximate surface area is 65.7 Å². The molecule has 0 aromatic heterocycles. The standard InChI is InChI=1S/C8H12O3/c1-2-3-4-5-6-7(9)8(10)11/h5-6H,2-4H2,1H3,(H,10,11). The van der Waals surface area contributed by atoms with Gasteiger partial charge in [-0.1, -0.05) is 25.8 Å².